The molecule has 0 bridgehead atoms. The highest BCUT2D eigenvalue weighted by Crippen LogP contribution is 2.29. The number of halogens is 1. The molecule has 0 saturated heterocycles. The summed E-state index contributed by atoms with van der Waals surface area (Å²) >= 11 is 0. The predicted octanol–water partition coefficient (Wildman–Crippen LogP) is 5.27. The average molecular weight is 351 g/mol. The maximum atomic E-state index is 14.2. The predicted molar refractivity (Wildman–Crippen MR) is 104 cm³/mol. The van der Waals surface area contributed by atoms with E-state index in [2.05, 4.69) is 22.5 Å². The number of nitrogens with zero attached hydrogens (tertiary/aromatic N) is 1. The fraction of sp³-hybridized carbons (Fsp3) is 0.238. The van der Waals surface area contributed by atoms with Gasteiger partial charge >= 0.3 is 6.03 Å². The molecule has 0 aliphatic rings. The maximum absolute atomic E-state index is 14.2. The molecule has 0 aliphatic carbocycles. The van der Waals surface area contributed by atoms with Crippen molar-refractivity contribution >= 4 is 22.6 Å². The van der Waals surface area contributed by atoms with E-state index in [9.17, 15) is 9.18 Å². The molecule has 26 heavy (non-hydrogen) atoms. The van der Waals surface area contributed by atoms with E-state index < -0.39 is 0 Å². The number of anilines is 1. The highest BCUT2D eigenvalue weighted by molar-refractivity contribution is 5.93. The summed E-state index contributed by atoms with van der Waals surface area (Å²) < 4.78 is 14.2. The van der Waals surface area contributed by atoms with Gasteiger partial charge in [-0.3, -0.25) is 4.98 Å². The SMILES string of the molecule is CCCCNC(=O)Nc1ccc2nc(C)c(-c3ccccc3F)cc2c1. The molecular formula is C21H22FN3O. The first-order valence-corrected chi connectivity index (χ1v) is 8.79. The lowest BCUT2D eigenvalue weighted by Crippen LogP contribution is -2.29. The van der Waals surface area contributed by atoms with E-state index in [1.165, 1.54) is 6.07 Å². The molecule has 0 unspecified atom stereocenters. The minimum atomic E-state index is -0.277. The van der Waals surface area contributed by atoms with E-state index in [0.29, 0.717) is 17.8 Å². The summed E-state index contributed by atoms with van der Waals surface area (Å²) in [6, 6.07) is 13.9. The Balaban J connectivity index is 1.90. The van der Waals surface area contributed by atoms with Gasteiger partial charge in [-0.05, 0) is 43.7 Å². The Morgan fingerprint density at radius 3 is 2.69 bits per heavy atom. The van der Waals surface area contributed by atoms with Gasteiger partial charge in [-0.2, -0.15) is 0 Å². The Bertz CT molecular complexity index is 940. The first-order chi connectivity index (χ1) is 12.6. The van der Waals surface area contributed by atoms with Crippen LogP contribution >= 0.6 is 0 Å². The molecule has 134 valence electrons. The Morgan fingerprint density at radius 2 is 1.92 bits per heavy atom. The second-order valence-corrected chi connectivity index (χ2v) is 6.24. The molecule has 0 aliphatic heterocycles. The molecule has 0 saturated carbocycles. The number of pyridine rings is 1. The summed E-state index contributed by atoms with van der Waals surface area (Å²) in [6.45, 7) is 4.59. The molecule has 0 spiro atoms. The third-order valence-electron chi connectivity index (χ3n) is 4.24. The molecule has 5 heteroatoms. The van der Waals surface area contributed by atoms with E-state index in [0.717, 1.165) is 35.0 Å². The van der Waals surface area contributed by atoms with E-state index in [4.69, 9.17) is 0 Å². The Hall–Kier alpha value is -2.95. The molecule has 1 aromatic heterocycles. The molecule has 1 heterocycles. The van der Waals surface area contributed by atoms with E-state index in [1.54, 1.807) is 18.2 Å². The Morgan fingerprint density at radius 1 is 1.12 bits per heavy atom. The number of carbonyl (C=O) groups excluding carboxylic acids is 1. The average Bonchev–Trinajstić information content (AvgIpc) is 2.62. The third kappa shape index (κ3) is 3.99. The van der Waals surface area contributed by atoms with E-state index >= 15 is 0 Å². The Kier molecular flexibility index (Phi) is 5.46. The molecule has 2 amide bonds. The Labute approximate surface area is 152 Å². The van der Waals surface area contributed by atoms with Crippen molar-refractivity contribution in [1.29, 1.82) is 0 Å². The largest absolute Gasteiger partial charge is 0.338 e. The van der Waals surface area contributed by atoms with Crippen LogP contribution in [-0.4, -0.2) is 17.6 Å². The fourth-order valence-corrected chi connectivity index (χ4v) is 2.86. The number of benzene rings is 2. The summed E-state index contributed by atoms with van der Waals surface area (Å²) in [5.74, 6) is -0.277. The molecular weight excluding hydrogens is 329 g/mol. The highest BCUT2D eigenvalue weighted by Gasteiger charge is 2.10. The number of unbranched alkanes of at least 4 members (excludes halogenated alkanes) is 1. The van der Waals surface area contributed by atoms with Gasteiger partial charge in [-0.25, -0.2) is 9.18 Å². The van der Waals surface area contributed by atoms with Gasteiger partial charge in [0.2, 0.25) is 0 Å². The van der Waals surface area contributed by atoms with Crippen LogP contribution in [0.4, 0.5) is 14.9 Å². The van der Waals surface area contributed by atoms with Crippen LogP contribution in [0.25, 0.3) is 22.0 Å². The molecule has 2 N–H and O–H groups in total. The molecule has 0 radical (unpaired) electrons. The number of urea groups is 1. The number of hydrogen-bond donors (Lipinski definition) is 2. The van der Waals surface area contributed by atoms with Crippen LogP contribution < -0.4 is 10.6 Å². The van der Waals surface area contributed by atoms with Crippen molar-refractivity contribution in [2.24, 2.45) is 0 Å². The molecule has 2 aromatic carbocycles. The van der Waals surface area contributed by atoms with Crippen LogP contribution in [0.15, 0.2) is 48.5 Å². The quantitative estimate of drug-likeness (QED) is 0.615. The molecule has 3 rings (SSSR count). The van der Waals surface area contributed by atoms with Crippen LogP contribution in [0.2, 0.25) is 0 Å². The van der Waals surface area contributed by atoms with Crippen molar-refractivity contribution in [2.75, 3.05) is 11.9 Å². The van der Waals surface area contributed by atoms with Crippen LogP contribution in [-0.2, 0) is 0 Å². The summed E-state index contributed by atoms with van der Waals surface area (Å²) in [6.07, 6.45) is 1.97. The van der Waals surface area contributed by atoms with Crippen LogP contribution in [0.5, 0.6) is 0 Å². The maximum Gasteiger partial charge on any atom is 0.319 e. The first-order valence-electron chi connectivity index (χ1n) is 8.79. The van der Waals surface area contributed by atoms with E-state index in [1.807, 2.05) is 31.2 Å². The van der Waals surface area contributed by atoms with Crippen molar-refractivity contribution in [2.45, 2.75) is 26.7 Å². The minimum absolute atomic E-state index is 0.229. The van der Waals surface area contributed by atoms with Gasteiger partial charge in [-0.15, -0.1) is 0 Å². The van der Waals surface area contributed by atoms with Crippen molar-refractivity contribution < 1.29 is 9.18 Å². The van der Waals surface area contributed by atoms with Crippen molar-refractivity contribution in [3.05, 3.63) is 60.0 Å². The fourth-order valence-electron chi connectivity index (χ4n) is 2.86. The van der Waals surface area contributed by atoms with E-state index in [-0.39, 0.29) is 11.8 Å². The zero-order chi connectivity index (χ0) is 18.5. The number of aryl methyl sites for hydroxylation is 1. The topological polar surface area (TPSA) is 54.0 Å². The third-order valence-corrected chi connectivity index (χ3v) is 4.24. The summed E-state index contributed by atoms with van der Waals surface area (Å²) in [4.78, 5) is 16.5. The van der Waals surface area contributed by atoms with Gasteiger partial charge < -0.3 is 10.6 Å². The molecule has 4 nitrogen and oxygen atoms in total. The van der Waals surface area contributed by atoms with Crippen LogP contribution in [0.3, 0.4) is 0 Å². The first kappa shape index (κ1) is 17.9. The number of hydrogen-bond acceptors (Lipinski definition) is 2. The lowest BCUT2D eigenvalue weighted by atomic mass is 10.0. The van der Waals surface area contributed by atoms with Crippen molar-refractivity contribution in [1.82, 2.24) is 10.3 Å². The number of rotatable bonds is 5. The lowest BCUT2D eigenvalue weighted by molar-refractivity contribution is 0.252. The van der Waals surface area contributed by atoms with Gasteiger partial charge in [0.1, 0.15) is 5.82 Å². The summed E-state index contributed by atoms with van der Waals surface area (Å²) in [7, 11) is 0. The molecule has 0 fully saturated rings. The number of amides is 2. The number of aromatic nitrogens is 1. The van der Waals surface area contributed by atoms with Gasteiger partial charge in [0.25, 0.3) is 0 Å². The number of fused-ring (bicyclic) bond motifs is 1. The standard InChI is InChI=1S/C21H22FN3O/c1-3-4-11-23-21(26)25-16-9-10-20-15(12-16)13-18(14(2)24-20)17-7-5-6-8-19(17)22/h5-10,12-13H,3-4,11H2,1-2H3,(H2,23,25,26). The van der Waals surface area contributed by atoms with Gasteiger partial charge in [-0.1, -0.05) is 31.5 Å². The van der Waals surface area contributed by atoms with Gasteiger partial charge in [0.15, 0.2) is 0 Å². The second-order valence-electron chi connectivity index (χ2n) is 6.24. The van der Waals surface area contributed by atoms with Gasteiger partial charge in [0.05, 0.1) is 5.52 Å². The number of nitrogens with one attached hydrogen (secondary N) is 2. The van der Waals surface area contributed by atoms with Crippen molar-refractivity contribution in [3.63, 3.8) is 0 Å². The highest BCUT2D eigenvalue weighted by atomic mass is 19.1. The molecule has 3 aromatic rings. The summed E-state index contributed by atoms with van der Waals surface area (Å²) in [5, 5.41) is 6.49. The zero-order valence-corrected chi connectivity index (χ0v) is 15.0. The smallest absolute Gasteiger partial charge is 0.319 e. The summed E-state index contributed by atoms with van der Waals surface area (Å²) in [5.41, 5.74) is 3.52. The lowest BCUT2D eigenvalue weighted by Gasteiger charge is -2.11. The van der Waals surface area contributed by atoms with Crippen LogP contribution in [0, 0.1) is 12.7 Å². The van der Waals surface area contributed by atoms with Gasteiger partial charge in [0, 0.05) is 34.4 Å². The molecule has 0 atom stereocenters. The van der Waals surface area contributed by atoms with Crippen LogP contribution in [0.1, 0.15) is 25.5 Å². The number of carbonyl (C=O) groups is 1. The minimum Gasteiger partial charge on any atom is -0.338 e. The zero-order valence-electron chi connectivity index (χ0n) is 15.0. The monoisotopic (exact) mass is 351 g/mol. The normalized spacial score (nSPS) is 10.7. The van der Waals surface area contributed by atoms with Crippen molar-refractivity contribution in [3.8, 4) is 11.1 Å². The second kappa shape index (κ2) is 7.95.